The van der Waals surface area contributed by atoms with Crippen LogP contribution >= 0.6 is 0 Å². The summed E-state index contributed by atoms with van der Waals surface area (Å²) >= 11 is 0. The predicted molar refractivity (Wildman–Crippen MR) is 98.1 cm³/mol. The van der Waals surface area contributed by atoms with Gasteiger partial charge >= 0.3 is 0 Å². The average Bonchev–Trinajstić information content (AvgIpc) is 3.16. The molecule has 1 aliphatic heterocycles. The minimum atomic E-state index is -0.566. The summed E-state index contributed by atoms with van der Waals surface area (Å²) in [5, 5.41) is 13.9. The van der Waals surface area contributed by atoms with Gasteiger partial charge in [-0.15, -0.1) is 0 Å². The van der Waals surface area contributed by atoms with Crippen LogP contribution in [0.1, 0.15) is 33.6 Å². The fourth-order valence-corrected chi connectivity index (χ4v) is 3.43. The number of benzene rings is 1. The van der Waals surface area contributed by atoms with Gasteiger partial charge in [-0.1, -0.05) is 12.1 Å². The molecule has 3 N–H and O–H groups in total. The highest BCUT2D eigenvalue weighted by molar-refractivity contribution is 5.99. The lowest BCUT2D eigenvalue weighted by Crippen LogP contribution is -2.42. The molecule has 3 aromatic rings. The Balaban J connectivity index is 1.64. The maximum absolute atomic E-state index is 12.6. The predicted octanol–water partition coefficient (Wildman–Crippen LogP) is 1.09. The van der Waals surface area contributed by atoms with Gasteiger partial charge in [-0.25, -0.2) is 9.50 Å². The zero-order valence-corrected chi connectivity index (χ0v) is 14.6. The molecule has 8 nitrogen and oxygen atoms in total. The Morgan fingerprint density at radius 3 is 2.63 bits per heavy atom. The minimum absolute atomic E-state index is 0.0877. The van der Waals surface area contributed by atoms with Crippen molar-refractivity contribution in [1.29, 1.82) is 0 Å². The van der Waals surface area contributed by atoms with Gasteiger partial charge in [0.2, 0.25) is 0 Å². The molecule has 1 aliphatic rings. The number of aliphatic hydroxyl groups excluding tert-OH is 1. The van der Waals surface area contributed by atoms with Crippen molar-refractivity contribution < 1.29 is 14.7 Å². The van der Waals surface area contributed by atoms with Crippen molar-refractivity contribution >= 4 is 17.5 Å². The topological polar surface area (TPSA) is 114 Å². The van der Waals surface area contributed by atoms with Gasteiger partial charge in [0.1, 0.15) is 6.33 Å². The molecule has 0 bridgehead atoms. The lowest BCUT2D eigenvalue weighted by Gasteiger charge is -2.30. The molecule has 3 heterocycles. The third kappa shape index (κ3) is 3.15. The maximum atomic E-state index is 12.6. The van der Waals surface area contributed by atoms with E-state index in [1.807, 2.05) is 12.1 Å². The Labute approximate surface area is 155 Å². The van der Waals surface area contributed by atoms with E-state index in [4.69, 9.17) is 5.73 Å². The first-order chi connectivity index (χ1) is 13.0. The highest BCUT2D eigenvalue weighted by Crippen LogP contribution is 2.23. The van der Waals surface area contributed by atoms with Crippen molar-refractivity contribution in [3.8, 4) is 11.3 Å². The second kappa shape index (κ2) is 6.81. The molecular formula is C19H19N5O3. The van der Waals surface area contributed by atoms with Gasteiger partial charge < -0.3 is 15.7 Å². The van der Waals surface area contributed by atoms with Crippen LogP contribution in [-0.2, 0) is 0 Å². The molecule has 0 saturated carbocycles. The molecule has 27 heavy (non-hydrogen) atoms. The number of likely N-dealkylation sites (tertiary alicyclic amines) is 1. The number of hydrogen-bond donors (Lipinski definition) is 2. The number of nitrogens with two attached hydrogens (primary N) is 1. The van der Waals surface area contributed by atoms with Crippen molar-refractivity contribution in [3.05, 3.63) is 53.9 Å². The fraction of sp³-hybridized carbons (Fsp3) is 0.263. The van der Waals surface area contributed by atoms with Gasteiger partial charge in [0, 0.05) is 24.2 Å². The lowest BCUT2D eigenvalue weighted by molar-refractivity contribution is 0.0474. The SMILES string of the molecule is NC(=O)c1ccc(-c2ccc(C(=O)N3CCCC(O)C3)cc2)n2ncnc12. The molecule has 2 aromatic heterocycles. The molecule has 4 rings (SSSR count). The number of nitrogens with zero attached hydrogens (tertiary/aromatic N) is 4. The number of primary amides is 1. The molecule has 0 aliphatic carbocycles. The molecule has 8 heteroatoms. The summed E-state index contributed by atoms with van der Waals surface area (Å²) < 4.78 is 1.55. The smallest absolute Gasteiger partial charge is 0.253 e. The summed E-state index contributed by atoms with van der Waals surface area (Å²) in [6, 6.07) is 10.5. The number of amides is 2. The molecule has 1 aromatic carbocycles. The minimum Gasteiger partial charge on any atom is -0.391 e. The zero-order valence-electron chi connectivity index (χ0n) is 14.6. The Morgan fingerprint density at radius 1 is 1.15 bits per heavy atom. The van der Waals surface area contributed by atoms with Crippen LogP contribution in [-0.4, -0.2) is 55.6 Å². The number of carbonyl (C=O) groups is 2. The van der Waals surface area contributed by atoms with E-state index < -0.39 is 12.0 Å². The third-order valence-corrected chi connectivity index (χ3v) is 4.80. The van der Waals surface area contributed by atoms with Gasteiger partial charge in [-0.2, -0.15) is 5.10 Å². The fourth-order valence-electron chi connectivity index (χ4n) is 3.43. The van der Waals surface area contributed by atoms with E-state index in [2.05, 4.69) is 10.1 Å². The third-order valence-electron chi connectivity index (χ3n) is 4.80. The van der Waals surface area contributed by atoms with E-state index in [0.717, 1.165) is 24.1 Å². The number of carbonyl (C=O) groups excluding carboxylic acids is 2. The van der Waals surface area contributed by atoms with Crippen LogP contribution in [0.25, 0.3) is 16.9 Å². The molecule has 1 fully saturated rings. The highest BCUT2D eigenvalue weighted by atomic mass is 16.3. The number of rotatable bonds is 3. The number of aliphatic hydroxyl groups is 1. The number of aromatic nitrogens is 3. The quantitative estimate of drug-likeness (QED) is 0.721. The first-order valence-corrected chi connectivity index (χ1v) is 8.75. The number of fused-ring (bicyclic) bond motifs is 1. The molecule has 1 atom stereocenters. The number of piperidine rings is 1. The van der Waals surface area contributed by atoms with Crippen molar-refractivity contribution in [1.82, 2.24) is 19.5 Å². The average molecular weight is 365 g/mol. The summed E-state index contributed by atoms with van der Waals surface area (Å²) in [6.45, 7) is 1.03. The van der Waals surface area contributed by atoms with E-state index in [0.29, 0.717) is 29.9 Å². The van der Waals surface area contributed by atoms with Gasteiger partial charge in [0.05, 0.1) is 17.4 Å². The largest absolute Gasteiger partial charge is 0.391 e. The van der Waals surface area contributed by atoms with Crippen molar-refractivity contribution in [2.45, 2.75) is 18.9 Å². The molecule has 2 amide bonds. The van der Waals surface area contributed by atoms with Crippen LogP contribution in [0, 0.1) is 0 Å². The van der Waals surface area contributed by atoms with Crippen molar-refractivity contribution in [2.24, 2.45) is 5.73 Å². The Morgan fingerprint density at radius 2 is 1.93 bits per heavy atom. The molecule has 138 valence electrons. The monoisotopic (exact) mass is 365 g/mol. The van der Waals surface area contributed by atoms with E-state index >= 15 is 0 Å². The number of β-amino-alcohol motifs (C(OH)–C–C–N with tert-alkyl or cyclic N) is 1. The first-order valence-electron chi connectivity index (χ1n) is 8.75. The molecule has 1 unspecified atom stereocenters. The summed E-state index contributed by atoms with van der Waals surface area (Å²) in [5.41, 5.74) is 8.20. The standard InChI is InChI=1S/C19H19N5O3/c20-17(26)15-7-8-16(24-18(15)21-11-22-24)12-3-5-13(6-4-12)19(27)23-9-1-2-14(25)10-23/h3-8,11,14,25H,1-2,9-10H2,(H2,20,26). The molecular weight excluding hydrogens is 346 g/mol. The van der Waals surface area contributed by atoms with Crippen molar-refractivity contribution in [2.75, 3.05) is 13.1 Å². The molecule has 1 saturated heterocycles. The van der Waals surface area contributed by atoms with E-state index in [9.17, 15) is 14.7 Å². The zero-order chi connectivity index (χ0) is 19.0. The maximum Gasteiger partial charge on any atom is 0.253 e. The summed E-state index contributed by atoms with van der Waals surface area (Å²) in [7, 11) is 0. The van der Waals surface area contributed by atoms with Crippen LogP contribution in [0.5, 0.6) is 0 Å². The number of pyridine rings is 1. The Kier molecular flexibility index (Phi) is 4.33. The Bertz CT molecular complexity index is 1010. The first kappa shape index (κ1) is 17.2. The molecule has 0 radical (unpaired) electrons. The Hall–Kier alpha value is -3.26. The second-order valence-corrected chi connectivity index (χ2v) is 6.62. The van der Waals surface area contributed by atoms with Crippen LogP contribution in [0.15, 0.2) is 42.7 Å². The summed E-state index contributed by atoms with van der Waals surface area (Å²) in [5.74, 6) is -0.653. The van der Waals surface area contributed by atoms with Gasteiger partial charge in [0.25, 0.3) is 11.8 Å². The molecule has 0 spiro atoms. The van der Waals surface area contributed by atoms with Crippen LogP contribution < -0.4 is 5.73 Å². The van der Waals surface area contributed by atoms with E-state index in [1.165, 1.54) is 6.33 Å². The van der Waals surface area contributed by atoms with E-state index in [1.54, 1.807) is 33.7 Å². The normalized spacial score (nSPS) is 17.2. The number of hydrogen-bond acceptors (Lipinski definition) is 5. The summed E-state index contributed by atoms with van der Waals surface area (Å²) in [4.78, 5) is 29.9. The van der Waals surface area contributed by atoms with Gasteiger partial charge in [0.15, 0.2) is 5.65 Å². The van der Waals surface area contributed by atoms with Crippen LogP contribution in [0.2, 0.25) is 0 Å². The van der Waals surface area contributed by atoms with Gasteiger partial charge in [-0.3, -0.25) is 9.59 Å². The highest BCUT2D eigenvalue weighted by Gasteiger charge is 2.23. The second-order valence-electron chi connectivity index (χ2n) is 6.62. The van der Waals surface area contributed by atoms with Gasteiger partial charge in [-0.05, 0) is 37.1 Å². The lowest BCUT2D eigenvalue weighted by atomic mass is 10.0. The van der Waals surface area contributed by atoms with Crippen LogP contribution in [0.3, 0.4) is 0 Å². The van der Waals surface area contributed by atoms with Crippen LogP contribution in [0.4, 0.5) is 0 Å². The van der Waals surface area contributed by atoms with Crippen molar-refractivity contribution in [3.63, 3.8) is 0 Å². The summed E-state index contributed by atoms with van der Waals surface area (Å²) in [6.07, 6.45) is 2.45. The van der Waals surface area contributed by atoms with E-state index in [-0.39, 0.29) is 5.91 Å².